The first-order chi connectivity index (χ1) is 16.7. The predicted molar refractivity (Wildman–Crippen MR) is 135 cm³/mol. The van der Waals surface area contributed by atoms with Crippen molar-refractivity contribution in [3.63, 3.8) is 0 Å². The van der Waals surface area contributed by atoms with Crippen molar-refractivity contribution < 1.29 is 14.3 Å². The maximum Gasteiger partial charge on any atom is 0.253 e. The van der Waals surface area contributed by atoms with Crippen molar-refractivity contribution in [1.82, 2.24) is 4.90 Å². The quantitative estimate of drug-likeness (QED) is 0.475. The summed E-state index contributed by atoms with van der Waals surface area (Å²) in [6, 6.07) is 24.9. The van der Waals surface area contributed by atoms with Crippen LogP contribution < -0.4 is 15.4 Å². The molecule has 176 valence electrons. The molecule has 0 aromatic heterocycles. The minimum absolute atomic E-state index is 0.0259. The number of rotatable bonds is 9. The zero-order valence-electron chi connectivity index (χ0n) is 19.3. The standard InChI is InChI=1S/C28H31N3O3/c32-27(30-25-13-7-11-23(19-25)28(33)31-16-5-2-6-17-31)21-29-24-12-8-14-26(20-24)34-18-15-22-9-3-1-4-10-22/h1,3-4,7-14,19-20,29H,2,5-6,15-18,21H2,(H,30,32). The Kier molecular flexibility index (Phi) is 8.17. The Morgan fingerprint density at radius 2 is 1.59 bits per heavy atom. The molecule has 2 amide bonds. The minimum atomic E-state index is -0.182. The first-order valence-corrected chi connectivity index (χ1v) is 11.9. The van der Waals surface area contributed by atoms with E-state index in [1.807, 2.05) is 47.4 Å². The van der Waals surface area contributed by atoms with E-state index in [4.69, 9.17) is 4.74 Å². The van der Waals surface area contributed by atoms with Crippen LogP contribution in [0.4, 0.5) is 11.4 Å². The molecule has 0 bridgehead atoms. The Morgan fingerprint density at radius 1 is 0.824 bits per heavy atom. The largest absolute Gasteiger partial charge is 0.493 e. The van der Waals surface area contributed by atoms with E-state index < -0.39 is 0 Å². The summed E-state index contributed by atoms with van der Waals surface area (Å²) in [6.45, 7) is 2.29. The summed E-state index contributed by atoms with van der Waals surface area (Å²) in [5, 5.41) is 6.01. The van der Waals surface area contributed by atoms with Gasteiger partial charge in [-0.05, 0) is 55.2 Å². The Balaban J connectivity index is 1.25. The summed E-state index contributed by atoms with van der Waals surface area (Å²) in [7, 11) is 0. The van der Waals surface area contributed by atoms with Gasteiger partial charge in [-0.2, -0.15) is 0 Å². The van der Waals surface area contributed by atoms with Crippen molar-refractivity contribution >= 4 is 23.2 Å². The molecule has 34 heavy (non-hydrogen) atoms. The summed E-state index contributed by atoms with van der Waals surface area (Å²) in [5.41, 5.74) is 3.26. The number of likely N-dealkylation sites (tertiary alicyclic amines) is 1. The number of nitrogens with one attached hydrogen (secondary N) is 2. The molecule has 1 heterocycles. The third-order valence-electron chi connectivity index (χ3n) is 5.83. The average molecular weight is 458 g/mol. The Hall–Kier alpha value is -3.80. The molecule has 0 saturated carbocycles. The van der Waals surface area contributed by atoms with E-state index in [1.54, 1.807) is 24.3 Å². The van der Waals surface area contributed by atoms with Crippen LogP contribution in [0.2, 0.25) is 0 Å². The van der Waals surface area contributed by atoms with Crippen molar-refractivity contribution in [2.75, 3.05) is 36.9 Å². The molecule has 4 rings (SSSR count). The van der Waals surface area contributed by atoms with Crippen LogP contribution in [0.25, 0.3) is 0 Å². The second-order valence-corrected chi connectivity index (χ2v) is 8.45. The Bertz CT molecular complexity index is 1090. The molecule has 6 heteroatoms. The number of benzene rings is 3. The van der Waals surface area contributed by atoms with Crippen LogP contribution in [0, 0.1) is 0 Å². The van der Waals surface area contributed by atoms with Gasteiger partial charge in [-0.25, -0.2) is 0 Å². The monoisotopic (exact) mass is 457 g/mol. The van der Waals surface area contributed by atoms with E-state index in [2.05, 4.69) is 22.8 Å². The minimum Gasteiger partial charge on any atom is -0.493 e. The maximum atomic E-state index is 12.7. The molecule has 0 spiro atoms. The summed E-state index contributed by atoms with van der Waals surface area (Å²) < 4.78 is 5.86. The molecule has 6 nitrogen and oxygen atoms in total. The van der Waals surface area contributed by atoms with E-state index in [9.17, 15) is 9.59 Å². The number of hydrogen-bond donors (Lipinski definition) is 2. The van der Waals surface area contributed by atoms with Crippen molar-refractivity contribution in [2.45, 2.75) is 25.7 Å². The second kappa shape index (κ2) is 11.9. The highest BCUT2D eigenvalue weighted by Crippen LogP contribution is 2.19. The zero-order chi connectivity index (χ0) is 23.6. The zero-order valence-corrected chi connectivity index (χ0v) is 19.3. The van der Waals surface area contributed by atoms with E-state index in [0.717, 1.165) is 43.8 Å². The van der Waals surface area contributed by atoms with Crippen LogP contribution >= 0.6 is 0 Å². The van der Waals surface area contributed by atoms with Gasteiger partial charge in [0.15, 0.2) is 0 Å². The lowest BCUT2D eigenvalue weighted by Crippen LogP contribution is -2.35. The second-order valence-electron chi connectivity index (χ2n) is 8.45. The lowest BCUT2D eigenvalue weighted by Gasteiger charge is -2.26. The third-order valence-corrected chi connectivity index (χ3v) is 5.83. The van der Waals surface area contributed by atoms with Gasteiger partial charge in [0.05, 0.1) is 13.2 Å². The number of anilines is 2. The highest BCUT2D eigenvalue weighted by molar-refractivity contribution is 5.98. The van der Waals surface area contributed by atoms with Gasteiger partial charge >= 0.3 is 0 Å². The molecule has 1 aliphatic rings. The number of amides is 2. The topological polar surface area (TPSA) is 70.7 Å². The molecule has 1 saturated heterocycles. The number of carbonyl (C=O) groups excluding carboxylic acids is 2. The van der Waals surface area contributed by atoms with Gasteiger partial charge < -0.3 is 20.3 Å². The first-order valence-electron chi connectivity index (χ1n) is 11.9. The number of nitrogens with zero attached hydrogens (tertiary/aromatic N) is 1. The van der Waals surface area contributed by atoms with Gasteiger partial charge in [-0.1, -0.05) is 42.5 Å². The fraction of sp³-hybridized carbons (Fsp3) is 0.286. The van der Waals surface area contributed by atoms with Gasteiger partial charge in [0.25, 0.3) is 5.91 Å². The van der Waals surface area contributed by atoms with Crippen molar-refractivity contribution in [1.29, 1.82) is 0 Å². The molecule has 0 aliphatic carbocycles. The number of carbonyl (C=O) groups is 2. The predicted octanol–water partition coefficient (Wildman–Crippen LogP) is 4.98. The molecular formula is C28H31N3O3. The van der Waals surface area contributed by atoms with Crippen LogP contribution in [0.15, 0.2) is 78.9 Å². The lowest BCUT2D eigenvalue weighted by atomic mass is 10.1. The highest BCUT2D eigenvalue weighted by atomic mass is 16.5. The van der Waals surface area contributed by atoms with Crippen molar-refractivity contribution in [3.05, 3.63) is 90.0 Å². The fourth-order valence-corrected chi connectivity index (χ4v) is 4.02. The van der Waals surface area contributed by atoms with Crippen LogP contribution in [0.3, 0.4) is 0 Å². The van der Waals surface area contributed by atoms with E-state index in [-0.39, 0.29) is 18.4 Å². The van der Waals surface area contributed by atoms with Gasteiger partial charge in [0.2, 0.25) is 5.91 Å². The first kappa shape index (κ1) is 23.4. The SMILES string of the molecule is O=C(CNc1cccc(OCCc2ccccc2)c1)Nc1cccc(C(=O)N2CCCCC2)c1. The van der Waals surface area contributed by atoms with Gasteiger partial charge in [-0.3, -0.25) is 9.59 Å². The summed E-state index contributed by atoms with van der Waals surface area (Å²) in [6.07, 6.45) is 4.11. The number of piperidine rings is 1. The summed E-state index contributed by atoms with van der Waals surface area (Å²) >= 11 is 0. The Morgan fingerprint density at radius 3 is 2.41 bits per heavy atom. The summed E-state index contributed by atoms with van der Waals surface area (Å²) in [5.74, 6) is 0.598. The van der Waals surface area contributed by atoms with Crippen molar-refractivity contribution in [2.24, 2.45) is 0 Å². The normalized spacial score (nSPS) is 13.2. The van der Waals surface area contributed by atoms with Crippen LogP contribution in [-0.2, 0) is 11.2 Å². The van der Waals surface area contributed by atoms with Crippen LogP contribution in [0.1, 0.15) is 35.2 Å². The van der Waals surface area contributed by atoms with E-state index in [0.29, 0.717) is 17.9 Å². The molecule has 2 N–H and O–H groups in total. The lowest BCUT2D eigenvalue weighted by molar-refractivity contribution is -0.114. The van der Waals surface area contributed by atoms with E-state index in [1.165, 1.54) is 12.0 Å². The molecule has 1 fully saturated rings. The number of hydrogen-bond acceptors (Lipinski definition) is 4. The third kappa shape index (κ3) is 6.85. The average Bonchev–Trinajstić information content (AvgIpc) is 2.89. The molecule has 3 aromatic rings. The van der Waals surface area contributed by atoms with Crippen molar-refractivity contribution in [3.8, 4) is 5.75 Å². The molecular weight excluding hydrogens is 426 g/mol. The number of ether oxygens (including phenoxy) is 1. The molecule has 3 aromatic carbocycles. The smallest absolute Gasteiger partial charge is 0.253 e. The van der Waals surface area contributed by atoms with Crippen LogP contribution in [-0.4, -0.2) is 43.0 Å². The van der Waals surface area contributed by atoms with Gasteiger partial charge in [0, 0.05) is 42.5 Å². The van der Waals surface area contributed by atoms with Crippen LogP contribution in [0.5, 0.6) is 5.75 Å². The molecule has 1 aliphatic heterocycles. The van der Waals surface area contributed by atoms with Gasteiger partial charge in [-0.15, -0.1) is 0 Å². The fourth-order valence-electron chi connectivity index (χ4n) is 4.02. The Labute approximate surface area is 200 Å². The summed E-state index contributed by atoms with van der Waals surface area (Å²) in [4.78, 5) is 27.1. The molecule has 0 radical (unpaired) electrons. The van der Waals surface area contributed by atoms with E-state index >= 15 is 0 Å². The maximum absolute atomic E-state index is 12.7. The molecule has 0 atom stereocenters. The molecule has 0 unspecified atom stereocenters. The highest BCUT2D eigenvalue weighted by Gasteiger charge is 2.18. The van der Waals surface area contributed by atoms with Gasteiger partial charge in [0.1, 0.15) is 5.75 Å².